The third-order valence-corrected chi connectivity index (χ3v) is 5.51. The topological polar surface area (TPSA) is 55.1 Å². The molecule has 1 heterocycles. The third kappa shape index (κ3) is 3.09. The van der Waals surface area contributed by atoms with Gasteiger partial charge in [-0.05, 0) is 43.0 Å². The van der Waals surface area contributed by atoms with Gasteiger partial charge in [-0.3, -0.25) is 4.79 Å². The van der Waals surface area contributed by atoms with Gasteiger partial charge in [0, 0.05) is 0 Å². The van der Waals surface area contributed by atoms with E-state index in [0.717, 1.165) is 25.7 Å². The van der Waals surface area contributed by atoms with Crippen LogP contribution in [-0.2, 0) is 0 Å². The maximum atomic E-state index is 12.3. The minimum absolute atomic E-state index is 0.178. The Morgan fingerprint density at radius 3 is 2.68 bits per heavy atom. The molecule has 0 atom stereocenters. The van der Waals surface area contributed by atoms with E-state index >= 15 is 0 Å². The first kappa shape index (κ1) is 14.8. The highest BCUT2D eigenvalue weighted by Crippen LogP contribution is 2.33. The number of hydrogen-bond donors (Lipinski definition) is 2. The van der Waals surface area contributed by atoms with Crippen LogP contribution in [0.25, 0.3) is 0 Å². The minimum Gasteiger partial charge on any atom is -0.391 e. The number of thiocarbonyl (C=S) groups is 1. The van der Waals surface area contributed by atoms with E-state index in [9.17, 15) is 4.79 Å². The fourth-order valence-corrected chi connectivity index (χ4v) is 3.71. The van der Waals surface area contributed by atoms with Gasteiger partial charge in [-0.15, -0.1) is 11.3 Å². The third-order valence-electron chi connectivity index (χ3n) is 3.78. The van der Waals surface area contributed by atoms with Gasteiger partial charge in [0.05, 0.1) is 15.6 Å². The van der Waals surface area contributed by atoms with Gasteiger partial charge >= 0.3 is 0 Å². The summed E-state index contributed by atoms with van der Waals surface area (Å²) in [5.74, 6) is 0.479. The van der Waals surface area contributed by atoms with Gasteiger partial charge in [-0.1, -0.05) is 30.7 Å². The van der Waals surface area contributed by atoms with Crippen molar-refractivity contribution in [2.24, 2.45) is 11.7 Å². The lowest BCUT2D eigenvalue weighted by Gasteiger charge is -2.39. The van der Waals surface area contributed by atoms with Crippen LogP contribution in [0, 0.1) is 5.92 Å². The summed E-state index contributed by atoms with van der Waals surface area (Å²) in [7, 11) is 0. The summed E-state index contributed by atoms with van der Waals surface area (Å²) in [6.45, 7) is 2.21. The molecule has 1 amide bonds. The number of hydrogen-bond acceptors (Lipinski definition) is 3. The van der Waals surface area contributed by atoms with Gasteiger partial charge in [0.15, 0.2) is 0 Å². The van der Waals surface area contributed by atoms with E-state index in [4.69, 9.17) is 29.6 Å². The Hall–Kier alpha value is -0.650. The van der Waals surface area contributed by atoms with Crippen LogP contribution in [-0.4, -0.2) is 16.4 Å². The first-order valence-electron chi connectivity index (χ1n) is 6.30. The highest BCUT2D eigenvalue weighted by atomic mass is 35.5. The Bertz CT molecular complexity index is 493. The Morgan fingerprint density at radius 2 is 2.21 bits per heavy atom. The van der Waals surface area contributed by atoms with Gasteiger partial charge in [-0.2, -0.15) is 0 Å². The van der Waals surface area contributed by atoms with E-state index < -0.39 is 5.54 Å². The van der Waals surface area contributed by atoms with Crippen LogP contribution in [0.5, 0.6) is 0 Å². The van der Waals surface area contributed by atoms with Crippen molar-refractivity contribution in [1.82, 2.24) is 5.32 Å². The Balaban J connectivity index is 2.16. The molecule has 0 aromatic carbocycles. The van der Waals surface area contributed by atoms with E-state index in [2.05, 4.69) is 12.2 Å². The number of nitrogens with one attached hydrogen (secondary N) is 1. The highest BCUT2D eigenvalue weighted by molar-refractivity contribution is 7.80. The van der Waals surface area contributed by atoms with Crippen molar-refractivity contribution >= 4 is 46.1 Å². The normalized spacial score (nSPS) is 26.9. The van der Waals surface area contributed by atoms with Crippen molar-refractivity contribution in [2.75, 3.05) is 0 Å². The van der Waals surface area contributed by atoms with Crippen LogP contribution >= 0.6 is 35.2 Å². The predicted molar refractivity (Wildman–Crippen MR) is 83.9 cm³/mol. The second kappa shape index (κ2) is 5.77. The Morgan fingerprint density at radius 1 is 1.58 bits per heavy atom. The largest absolute Gasteiger partial charge is 0.391 e. The molecule has 0 spiro atoms. The van der Waals surface area contributed by atoms with E-state index in [1.165, 1.54) is 11.3 Å². The van der Waals surface area contributed by atoms with Crippen molar-refractivity contribution in [1.29, 1.82) is 0 Å². The monoisotopic (exact) mass is 316 g/mol. The molecule has 0 radical (unpaired) electrons. The molecule has 1 aromatic rings. The maximum absolute atomic E-state index is 12.3. The van der Waals surface area contributed by atoms with Crippen LogP contribution in [0.2, 0.25) is 5.02 Å². The number of carbonyl (C=O) groups is 1. The molecule has 3 nitrogen and oxygen atoms in total. The zero-order valence-corrected chi connectivity index (χ0v) is 13.1. The number of rotatable bonds is 3. The molecule has 0 unspecified atom stereocenters. The smallest absolute Gasteiger partial charge is 0.263 e. The predicted octanol–water partition coefficient (Wildman–Crippen LogP) is 3.37. The average molecular weight is 317 g/mol. The summed E-state index contributed by atoms with van der Waals surface area (Å²) in [4.78, 5) is 13.2. The molecule has 0 aliphatic heterocycles. The zero-order valence-electron chi connectivity index (χ0n) is 10.7. The summed E-state index contributed by atoms with van der Waals surface area (Å²) in [6, 6.07) is 1.72. The molecule has 6 heteroatoms. The van der Waals surface area contributed by atoms with Crippen molar-refractivity contribution in [3.8, 4) is 0 Å². The first-order chi connectivity index (χ1) is 8.94. The second-order valence-electron chi connectivity index (χ2n) is 5.18. The average Bonchev–Trinajstić information content (AvgIpc) is 2.78. The van der Waals surface area contributed by atoms with Crippen LogP contribution in [0.15, 0.2) is 11.4 Å². The summed E-state index contributed by atoms with van der Waals surface area (Å²) < 4.78 is 0. The lowest BCUT2D eigenvalue weighted by Crippen LogP contribution is -2.58. The number of thiophene rings is 1. The van der Waals surface area contributed by atoms with E-state index in [1.54, 1.807) is 11.4 Å². The molecular weight excluding hydrogens is 300 g/mol. The molecule has 19 heavy (non-hydrogen) atoms. The molecule has 1 saturated carbocycles. The number of amides is 1. The van der Waals surface area contributed by atoms with Gasteiger partial charge < -0.3 is 11.1 Å². The van der Waals surface area contributed by atoms with Gasteiger partial charge in [0.25, 0.3) is 5.91 Å². The van der Waals surface area contributed by atoms with Crippen LogP contribution in [0.3, 0.4) is 0 Å². The lowest BCUT2D eigenvalue weighted by molar-refractivity contribution is 0.0905. The van der Waals surface area contributed by atoms with E-state index in [0.29, 0.717) is 20.8 Å². The van der Waals surface area contributed by atoms with E-state index in [1.807, 2.05) is 0 Å². The van der Waals surface area contributed by atoms with Crippen LogP contribution in [0.4, 0.5) is 0 Å². The molecule has 1 aliphatic carbocycles. The number of halogens is 1. The summed E-state index contributed by atoms with van der Waals surface area (Å²) in [5.41, 5.74) is 5.33. The van der Waals surface area contributed by atoms with Crippen molar-refractivity contribution < 1.29 is 4.79 Å². The van der Waals surface area contributed by atoms with Crippen molar-refractivity contribution in [3.05, 3.63) is 21.3 Å². The molecule has 2 rings (SSSR count). The molecule has 104 valence electrons. The van der Waals surface area contributed by atoms with Crippen molar-refractivity contribution in [3.63, 3.8) is 0 Å². The maximum Gasteiger partial charge on any atom is 0.263 e. The standard InChI is InChI=1S/C13H17ClN2OS2/c1-8-2-5-13(6-3-8,12(15)18)16-11(17)10-9(14)4-7-19-10/h4,7-8H,2-3,5-6H2,1H3,(H2,15,18)(H,16,17). The van der Waals surface area contributed by atoms with Gasteiger partial charge in [0.1, 0.15) is 4.88 Å². The second-order valence-corrected chi connectivity index (χ2v) is 6.94. The molecule has 1 aliphatic rings. The Labute approximate surface area is 127 Å². The zero-order chi connectivity index (χ0) is 14.0. The fourth-order valence-electron chi connectivity index (χ4n) is 2.42. The molecule has 3 N–H and O–H groups in total. The molecule has 1 fully saturated rings. The minimum atomic E-state index is -0.549. The highest BCUT2D eigenvalue weighted by Gasteiger charge is 2.38. The molecule has 0 bridgehead atoms. The SMILES string of the molecule is CC1CCC(NC(=O)c2sccc2Cl)(C(N)=S)CC1. The quantitative estimate of drug-likeness (QED) is 0.841. The number of carbonyl (C=O) groups excluding carboxylic acids is 1. The Kier molecular flexibility index (Phi) is 4.48. The summed E-state index contributed by atoms with van der Waals surface area (Å²) >= 11 is 12.5. The number of nitrogens with two attached hydrogens (primary N) is 1. The van der Waals surface area contributed by atoms with Gasteiger partial charge in [-0.25, -0.2) is 0 Å². The molecule has 1 aromatic heterocycles. The lowest BCUT2D eigenvalue weighted by atomic mass is 9.77. The van der Waals surface area contributed by atoms with Crippen LogP contribution in [0.1, 0.15) is 42.3 Å². The van der Waals surface area contributed by atoms with Crippen molar-refractivity contribution in [2.45, 2.75) is 38.1 Å². The summed E-state index contributed by atoms with van der Waals surface area (Å²) in [5, 5.41) is 5.29. The fraction of sp³-hybridized carbons (Fsp3) is 0.538. The van der Waals surface area contributed by atoms with Crippen LogP contribution < -0.4 is 11.1 Å². The molecule has 0 saturated heterocycles. The first-order valence-corrected chi connectivity index (χ1v) is 7.96. The van der Waals surface area contributed by atoms with Gasteiger partial charge in [0.2, 0.25) is 0 Å². The summed E-state index contributed by atoms with van der Waals surface area (Å²) in [6.07, 6.45) is 3.65. The molecular formula is C13H17ClN2OS2. The van der Waals surface area contributed by atoms with E-state index in [-0.39, 0.29) is 5.91 Å².